The van der Waals surface area contributed by atoms with E-state index in [1.54, 1.807) is 24.5 Å². The van der Waals surface area contributed by atoms with Crippen molar-refractivity contribution >= 4 is 11.9 Å². The van der Waals surface area contributed by atoms with Gasteiger partial charge >= 0.3 is 5.97 Å². The lowest BCUT2D eigenvalue weighted by atomic mass is 10.00. The van der Waals surface area contributed by atoms with E-state index in [4.69, 9.17) is 4.74 Å². The Hall–Kier alpha value is -2.83. The van der Waals surface area contributed by atoms with E-state index in [0.29, 0.717) is 11.5 Å². The zero-order chi connectivity index (χ0) is 19.7. The highest BCUT2D eigenvalue weighted by Gasteiger charge is 2.34. The molecule has 7 heteroatoms. The van der Waals surface area contributed by atoms with Crippen LogP contribution in [0.25, 0.3) is 11.4 Å². The average Bonchev–Trinajstić information content (AvgIpc) is 3.58. The van der Waals surface area contributed by atoms with Crippen molar-refractivity contribution in [2.75, 3.05) is 0 Å². The summed E-state index contributed by atoms with van der Waals surface area (Å²) in [6.45, 7) is 4.05. The third kappa shape index (κ3) is 4.35. The summed E-state index contributed by atoms with van der Waals surface area (Å²) in [6.07, 6.45) is 6.93. The van der Waals surface area contributed by atoms with Gasteiger partial charge in [-0.05, 0) is 43.7 Å². The molecule has 1 N–H and O–H groups in total. The highest BCUT2D eigenvalue weighted by atomic mass is 16.5. The largest absolute Gasteiger partial charge is 0.407 e. The first-order valence-corrected chi connectivity index (χ1v) is 9.82. The van der Waals surface area contributed by atoms with Crippen LogP contribution < -0.4 is 10.1 Å². The Morgan fingerprint density at radius 3 is 2.50 bits per heavy atom. The summed E-state index contributed by atoms with van der Waals surface area (Å²) in [6, 6.07) is 5.03. The Bertz CT molecular complexity index is 876. The van der Waals surface area contributed by atoms with Gasteiger partial charge in [0.1, 0.15) is 0 Å². The SMILES string of the molecule is CC(C)C(NC(=O)C1CC1)c1cc(OC(=O)C2CC2)nc(-c2cccnc2)n1. The Morgan fingerprint density at radius 1 is 1.14 bits per heavy atom. The minimum atomic E-state index is -0.287. The number of nitrogens with one attached hydrogen (secondary N) is 1. The molecule has 0 saturated heterocycles. The Labute approximate surface area is 164 Å². The Kier molecular flexibility index (Phi) is 5.07. The summed E-state index contributed by atoms with van der Waals surface area (Å²) < 4.78 is 5.51. The number of esters is 1. The molecule has 0 aliphatic heterocycles. The smallest absolute Gasteiger partial charge is 0.315 e. The second-order valence-corrected chi connectivity index (χ2v) is 7.90. The summed E-state index contributed by atoms with van der Waals surface area (Å²) in [4.78, 5) is 37.7. The van der Waals surface area contributed by atoms with E-state index in [9.17, 15) is 9.59 Å². The van der Waals surface area contributed by atoms with Crippen molar-refractivity contribution in [2.24, 2.45) is 17.8 Å². The fourth-order valence-corrected chi connectivity index (χ4v) is 2.98. The van der Waals surface area contributed by atoms with E-state index in [1.165, 1.54) is 0 Å². The van der Waals surface area contributed by atoms with E-state index in [0.717, 1.165) is 31.2 Å². The summed E-state index contributed by atoms with van der Waals surface area (Å²) in [5.74, 6) is 0.624. The Morgan fingerprint density at radius 2 is 1.89 bits per heavy atom. The van der Waals surface area contributed by atoms with Crippen molar-refractivity contribution in [3.05, 3.63) is 36.3 Å². The summed E-state index contributed by atoms with van der Waals surface area (Å²) >= 11 is 0. The van der Waals surface area contributed by atoms with Crippen LogP contribution in [0, 0.1) is 17.8 Å². The third-order valence-corrected chi connectivity index (χ3v) is 4.99. The highest BCUT2D eigenvalue weighted by Crippen LogP contribution is 2.33. The second kappa shape index (κ2) is 7.66. The van der Waals surface area contributed by atoms with Crippen molar-refractivity contribution in [1.82, 2.24) is 20.3 Å². The molecular weight excluding hydrogens is 356 g/mol. The van der Waals surface area contributed by atoms with Gasteiger partial charge in [0, 0.05) is 29.9 Å². The van der Waals surface area contributed by atoms with Crippen LogP contribution in [0.1, 0.15) is 51.3 Å². The van der Waals surface area contributed by atoms with E-state index in [1.807, 2.05) is 19.9 Å². The lowest BCUT2D eigenvalue weighted by Crippen LogP contribution is -2.33. The van der Waals surface area contributed by atoms with Gasteiger partial charge in [-0.1, -0.05) is 13.8 Å². The molecule has 2 heterocycles. The fraction of sp³-hybridized carbons (Fsp3) is 0.476. The summed E-state index contributed by atoms with van der Waals surface area (Å²) in [5.41, 5.74) is 1.36. The normalized spacial score (nSPS) is 17.2. The first-order chi connectivity index (χ1) is 13.5. The maximum Gasteiger partial charge on any atom is 0.315 e. The molecule has 0 radical (unpaired) electrons. The van der Waals surface area contributed by atoms with Gasteiger partial charge in [-0.15, -0.1) is 0 Å². The van der Waals surface area contributed by atoms with Crippen molar-refractivity contribution in [3.63, 3.8) is 0 Å². The Balaban J connectivity index is 1.68. The van der Waals surface area contributed by atoms with Crippen LogP contribution in [-0.2, 0) is 9.59 Å². The number of hydrogen-bond acceptors (Lipinski definition) is 6. The number of pyridine rings is 1. The van der Waals surface area contributed by atoms with Crippen LogP contribution in [0.5, 0.6) is 5.88 Å². The standard InChI is InChI=1S/C21H24N4O3/c1-12(2)18(25-20(26)13-5-6-13)16-10-17(28-21(27)14-7-8-14)24-19(23-16)15-4-3-9-22-11-15/h3-4,9-14,18H,5-8H2,1-2H3,(H,25,26). The highest BCUT2D eigenvalue weighted by molar-refractivity contribution is 5.81. The lowest BCUT2D eigenvalue weighted by Gasteiger charge is -2.23. The molecule has 1 amide bonds. The molecule has 0 spiro atoms. The maximum atomic E-state index is 12.4. The lowest BCUT2D eigenvalue weighted by molar-refractivity contribution is -0.136. The van der Waals surface area contributed by atoms with Crippen LogP contribution in [0.15, 0.2) is 30.6 Å². The van der Waals surface area contributed by atoms with Crippen LogP contribution in [0.2, 0.25) is 0 Å². The molecule has 2 aliphatic carbocycles. The molecule has 1 atom stereocenters. The minimum absolute atomic E-state index is 0.0317. The molecule has 2 aliphatic rings. The van der Waals surface area contributed by atoms with Gasteiger partial charge in [-0.2, -0.15) is 4.98 Å². The molecule has 28 heavy (non-hydrogen) atoms. The van der Waals surface area contributed by atoms with E-state index >= 15 is 0 Å². The number of amides is 1. The topological polar surface area (TPSA) is 94.1 Å². The predicted octanol–water partition coefficient (Wildman–Crippen LogP) is 3.08. The van der Waals surface area contributed by atoms with Crippen molar-refractivity contribution in [2.45, 2.75) is 45.6 Å². The number of aromatic nitrogens is 3. The maximum absolute atomic E-state index is 12.4. The molecule has 2 fully saturated rings. The molecule has 1 unspecified atom stereocenters. The van der Waals surface area contributed by atoms with Crippen LogP contribution in [-0.4, -0.2) is 26.8 Å². The molecule has 0 aromatic carbocycles. The molecule has 7 nitrogen and oxygen atoms in total. The van der Waals surface area contributed by atoms with Gasteiger partial charge in [0.2, 0.25) is 11.8 Å². The first-order valence-electron chi connectivity index (χ1n) is 9.82. The third-order valence-electron chi connectivity index (χ3n) is 4.99. The first kappa shape index (κ1) is 18.5. The predicted molar refractivity (Wildman–Crippen MR) is 102 cm³/mol. The van der Waals surface area contributed by atoms with E-state index < -0.39 is 0 Å². The zero-order valence-electron chi connectivity index (χ0n) is 16.1. The molecule has 146 valence electrons. The fourth-order valence-electron chi connectivity index (χ4n) is 2.98. The molecule has 4 rings (SSSR count). The molecule has 2 aromatic rings. The zero-order valence-corrected chi connectivity index (χ0v) is 16.1. The number of rotatable bonds is 7. The molecule has 0 bridgehead atoms. The van der Waals surface area contributed by atoms with Gasteiger partial charge in [-0.3, -0.25) is 14.6 Å². The number of carbonyl (C=O) groups excluding carboxylic acids is 2. The molecule has 2 aromatic heterocycles. The van der Waals surface area contributed by atoms with Crippen molar-refractivity contribution in [3.8, 4) is 17.3 Å². The van der Waals surface area contributed by atoms with Gasteiger partial charge in [0.05, 0.1) is 17.7 Å². The van der Waals surface area contributed by atoms with Crippen LogP contribution >= 0.6 is 0 Å². The van der Waals surface area contributed by atoms with Gasteiger partial charge in [-0.25, -0.2) is 4.98 Å². The average molecular weight is 380 g/mol. The molecular formula is C21H24N4O3. The van der Waals surface area contributed by atoms with Crippen LogP contribution in [0.3, 0.4) is 0 Å². The van der Waals surface area contributed by atoms with E-state index in [-0.39, 0.29) is 41.6 Å². The van der Waals surface area contributed by atoms with Crippen LogP contribution in [0.4, 0.5) is 0 Å². The number of hydrogen-bond donors (Lipinski definition) is 1. The number of ether oxygens (including phenoxy) is 1. The molecule has 2 saturated carbocycles. The van der Waals surface area contributed by atoms with Crippen molar-refractivity contribution < 1.29 is 14.3 Å². The quantitative estimate of drug-likeness (QED) is 0.742. The number of carbonyl (C=O) groups is 2. The number of nitrogens with zero attached hydrogens (tertiary/aromatic N) is 3. The summed E-state index contributed by atoms with van der Waals surface area (Å²) in [7, 11) is 0. The summed E-state index contributed by atoms with van der Waals surface area (Å²) in [5, 5.41) is 3.10. The van der Waals surface area contributed by atoms with Gasteiger partial charge < -0.3 is 10.1 Å². The van der Waals surface area contributed by atoms with Gasteiger partial charge in [0.25, 0.3) is 0 Å². The van der Waals surface area contributed by atoms with E-state index in [2.05, 4.69) is 20.3 Å². The van der Waals surface area contributed by atoms with Crippen molar-refractivity contribution in [1.29, 1.82) is 0 Å². The monoisotopic (exact) mass is 380 g/mol. The minimum Gasteiger partial charge on any atom is -0.407 e. The second-order valence-electron chi connectivity index (χ2n) is 7.90. The van der Waals surface area contributed by atoms with Gasteiger partial charge in [0.15, 0.2) is 5.82 Å².